The summed E-state index contributed by atoms with van der Waals surface area (Å²) in [4.78, 5) is 33.3. The fraction of sp³-hybridized carbons (Fsp3) is 0.812. The maximum absolute atomic E-state index is 11.3. The fourth-order valence-electron chi connectivity index (χ4n) is 2.90. The molecule has 0 N–H and O–H groups in total. The summed E-state index contributed by atoms with van der Waals surface area (Å²) >= 11 is 0. The molecule has 1 aliphatic rings. The van der Waals surface area contributed by atoms with Crippen LogP contribution in [0, 0.1) is 0 Å². The molecule has 0 aliphatic carbocycles. The Bertz CT molecular complexity index is 434. The Balaban J connectivity index is 2.78. The van der Waals surface area contributed by atoms with E-state index < -0.39 is 29.7 Å². The molecule has 0 amide bonds. The number of carbonyl (C=O) groups is 3. The van der Waals surface area contributed by atoms with Crippen molar-refractivity contribution < 1.29 is 33.3 Å². The molecule has 1 saturated heterocycles. The van der Waals surface area contributed by atoms with E-state index in [9.17, 15) is 14.4 Å². The van der Waals surface area contributed by atoms with Crippen LogP contribution in [0.1, 0.15) is 53.4 Å². The molecule has 1 aliphatic heterocycles. The normalized spacial score (nSPS) is 26.6. The van der Waals surface area contributed by atoms with Gasteiger partial charge in [-0.05, 0) is 6.42 Å². The van der Waals surface area contributed by atoms with Crippen molar-refractivity contribution in [2.75, 3.05) is 13.2 Å². The zero-order valence-corrected chi connectivity index (χ0v) is 14.3. The smallest absolute Gasteiger partial charge is 0.302 e. The van der Waals surface area contributed by atoms with Crippen molar-refractivity contribution in [1.29, 1.82) is 0 Å². The van der Waals surface area contributed by atoms with Gasteiger partial charge in [-0.15, -0.1) is 0 Å². The third-order valence-corrected chi connectivity index (χ3v) is 3.73. The highest BCUT2D eigenvalue weighted by atomic mass is 16.6. The van der Waals surface area contributed by atoms with Crippen molar-refractivity contribution in [2.24, 2.45) is 0 Å². The highest BCUT2D eigenvalue weighted by Gasteiger charge is 2.47. The molecule has 7 heteroatoms. The second-order valence-electron chi connectivity index (χ2n) is 5.83. The Morgan fingerprint density at radius 1 is 1.04 bits per heavy atom. The van der Waals surface area contributed by atoms with Gasteiger partial charge < -0.3 is 18.9 Å². The van der Waals surface area contributed by atoms with E-state index in [2.05, 4.69) is 0 Å². The van der Waals surface area contributed by atoms with Crippen LogP contribution in [0.15, 0.2) is 0 Å². The Kier molecular flexibility index (Phi) is 7.48. The predicted molar refractivity (Wildman–Crippen MR) is 80.6 cm³/mol. The topological polar surface area (TPSA) is 88.1 Å². The molecule has 3 atom stereocenters. The van der Waals surface area contributed by atoms with Crippen LogP contribution in [0.4, 0.5) is 0 Å². The van der Waals surface area contributed by atoms with Crippen LogP contribution in [0.2, 0.25) is 0 Å². The van der Waals surface area contributed by atoms with E-state index >= 15 is 0 Å². The van der Waals surface area contributed by atoms with Gasteiger partial charge in [0.05, 0.1) is 12.2 Å². The molecule has 132 valence electrons. The second-order valence-corrected chi connectivity index (χ2v) is 5.83. The van der Waals surface area contributed by atoms with Gasteiger partial charge in [-0.2, -0.15) is 0 Å². The van der Waals surface area contributed by atoms with Gasteiger partial charge in [0.25, 0.3) is 0 Å². The van der Waals surface area contributed by atoms with Gasteiger partial charge >= 0.3 is 17.9 Å². The number of ether oxygens (including phenoxy) is 4. The molecule has 1 fully saturated rings. The molecule has 0 radical (unpaired) electrons. The van der Waals surface area contributed by atoms with Gasteiger partial charge in [-0.3, -0.25) is 14.4 Å². The molecule has 0 aromatic carbocycles. The van der Waals surface area contributed by atoms with Gasteiger partial charge in [0, 0.05) is 33.6 Å². The van der Waals surface area contributed by atoms with Crippen LogP contribution in [0.5, 0.6) is 0 Å². The highest BCUT2D eigenvalue weighted by Crippen LogP contribution is 2.39. The van der Waals surface area contributed by atoms with Crippen LogP contribution in [0.3, 0.4) is 0 Å². The average Bonchev–Trinajstić information content (AvgIpc) is 2.73. The lowest BCUT2D eigenvalue weighted by atomic mass is 9.90. The lowest BCUT2D eigenvalue weighted by Crippen LogP contribution is -2.33. The molecule has 0 saturated carbocycles. The predicted octanol–water partition coefficient (Wildman–Crippen LogP) is 1.76. The summed E-state index contributed by atoms with van der Waals surface area (Å²) in [6.07, 6.45) is 1.63. The summed E-state index contributed by atoms with van der Waals surface area (Å²) in [7, 11) is 0. The van der Waals surface area contributed by atoms with E-state index in [1.54, 1.807) is 0 Å². The van der Waals surface area contributed by atoms with Crippen LogP contribution in [0.25, 0.3) is 0 Å². The summed E-state index contributed by atoms with van der Waals surface area (Å²) < 4.78 is 21.4. The van der Waals surface area contributed by atoms with Crippen molar-refractivity contribution in [1.82, 2.24) is 0 Å². The summed E-state index contributed by atoms with van der Waals surface area (Å²) in [5, 5.41) is 0. The number of esters is 3. The molecule has 0 bridgehead atoms. The molecule has 23 heavy (non-hydrogen) atoms. The van der Waals surface area contributed by atoms with E-state index in [0.717, 1.165) is 12.8 Å². The Morgan fingerprint density at radius 2 is 1.70 bits per heavy atom. The largest absolute Gasteiger partial charge is 0.466 e. The summed E-state index contributed by atoms with van der Waals surface area (Å²) in [6, 6.07) is 0. The first kappa shape index (κ1) is 19.4. The molecule has 1 rings (SSSR count). The molecule has 0 spiro atoms. The monoisotopic (exact) mass is 330 g/mol. The van der Waals surface area contributed by atoms with Crippen molar-refractivity contribution in [2.45, 2.75) is 71.2 Å². The molecule has 0 aromatic heterocycles. The van der Waals surface area contributed by atoms with Crippen molar-refractivity contribution in [3.8, 4) is 0 Å². The SMILES string of the molecule is CCC[C@]1(CCOC(C)=O)C[C@H](OC(C)=O)[C@@H](COC(C)=O)O1. The van der Waals surface area contributed by atoms with Crippen LogP contribution in [-0.2, 0) is 33.3 Å². The van der Waals surface area contributed by atoms with E-state index in [1.165, 1.54) is 20.8 Å². The van der Waals surface area contributed by atoms with Crippen molar-refractivity contribution in [3.05, 3.63) is 0 Å². The number of hydrogen-bond donors (Lipinski definition) is 0. The van der Waals surface area contributed by atoms with Gasteiger partial charge in [0.1, 0.15) is 18.8 Å². The van der Waals surface area contributed by atoms with E-state index in [-0.39, 0.29) is 19.2 Å². The molecular formula is C16H26O7. The number of hydrogen-bond acceptors (Lipinski definition) is 7. The Hall–Kier alpha value is -1.63. The van der Waals surface area contributed by atoms with Crippen LogP contribution >= 0.6 is 0 Å². The van der Waals surface area contributed by atoms with Crippen molar-refractivity contribution in [3.63, 3.8) is 0 Å². The minimum atomic E-state index is -0.546. The first-order chi connectivity index (χ1) is 10.8. The molecule has 7 nitrogen and oxygen atoms in total. The maximum atomic E-state index is 11.3. The highest BCUT2D eigenvalue weighted by molar-refractivity contribution is 5.67. The second kappa shape index (κ2) is 8.86. The van der Waals surface area contributed by atoms with E-state index in [1.807, 2.05) is 6.92 Å². The first-order valence-corrected chi connectivity index (χ1v) is 7.90. The van der Waals surface area contributed by atoms with Gasteiger partial charge in [0.15, 0.2) is 0 Å². The zero-order valence-electron chi connectivity index (χ0n) is 14.3. The van der Waals surface area contributed by atoms with Gasteiger partial charge in [-0.25, -0.2) is 0 Å². The van der Waals surface area contributed by atoms with Gasteiger partial charge in [0.2, 0.25) is 0 Å². The lowest BCUT2D eigenvalue weighted by Gasteiger charge is -2.28. The van der Waals surface area contributed by atoms with E-state index in [4.69, 9.17) is 18.9 Å². The summed E-state index contributed by atoms with van der Waals surface area (Å²) in [5.74, 6) is -1.16. The Labute approximate surface area is 136 Å². The first-order valence-electron chi connectivity index (χ1n) is 7.90. The minimum absolute atomic E-state index is 0.0340. The van der Waals surface area contributed by atoms with Gasteiger partial charge in [-0.1, -0.05) is 13.3 Å². The summed E-state index contributed by atoms with van der Waals surface area (Å²) in [6.45, 7) is 6.30. The molecule has 0 unspecified atom stereocenters. The third kappa shape index (κ3) is 6.56. The lowest BCUT2D eigenvalue weighted by molar-refractivity contribution is -0.158. The standard InChI is InChI=1S/C16H26O7/c1-5-6-16(7-8-20-11(2)17)9-14(22-13(4)19)15(23-16)10-21-12(3)18/h14-15H,5-10H2,1-4H3/t14-,15+,16-/m0/s1. The molecule has 1 heterocycles. The molecular weight excluding hydrogens is 304 g/mol. The number of rotatable bonds is 8. The maximum Gasteiger partial charge on any atom is 0.302 e. The Morgan fingerprint density at radius 3 is 2.22 bits per heavy atom. The average molecular weight is 330 g/mol. The quantitative estimate of drug-likeness (QED) is 0.495. The minimum Gasteiger partial charge on any atom is -0.466 e. The van der Waals surface area contributed by atoms with Crippen LogP contribution in [-0.4, -0.2) is 48.9 Å². The zero-order chi connectivity index (χ0) is 17.5. The van der Waals surface area contributed by atoms with E-state index in [0.29, 0.717) is 12.8 Å². The fourth-order valence-corrected chi connectivity index (χ4v) is 2.90. The number of carbonyl (C=O) groups excluding carboxylic acids is 3. The van der Waals surface area contributed by atoms with Crippen molar-refractivity contribution >= 4 is 17.9 Å². The third-order valence-electron chi connectivity index (χ3n) is 3.73. The summed E-state index contributed by atoms with van der Waals surface area (Å²) in [5.41, 5.74) is -0.546. The van der Waals surface area contributed by atoms with Crippen LogP contribution < -0.4 is 0 Å². The molecule has 0 aromatic rings.